The SMILES string of the molecule is CCOc1cc2ncnc(NC(C)c3ccccc3)c2cc1OCC. The molecule has 0 spiro atoms. The molecule has 0 saturated carbocycles. The van der Waals surface area contributed by atoms with Crippen LogP contribution in [0.5, 0.6) is 11.5 Å². The predicted molar refractivity (Wildman–Crippen MR) is 100 cm³/mol. The molecular weight excluding hydrogens is 314 g/mol. The standard InChI is InChI=1S/C20H23N3O2/c1-4-24-18-11-16-17(12-19(18)25-5-2)21-13-22-20(16)23-14(3)15-9-7-6-8-10-15/h6-14H,4-5H2,1-3H3,(H,21,22,23). The molecule has 3 rings (SSSR count). The van der Waals surface area contributed by atoms with Gasteiger partial charge in [0, 0.05) is 17.5 Å². The smallest absolute Gasteiger partial charge is 0.163 e. The average Bonchev–Trinajstić information content (AvgIpc) is 2.64. The zero-order chi connectivity index (χ0) is 17.6. The second-order valence-corrected chi connectivity index (χ2v) is 5.68. The Morgan fingerprint density at radius 1 is 0.960 bits per heavy atom. The van der Waals surface area contributed by atoms with Gasteiger partial charge >= 0.3 is 0 Å². The van der Waals surface area contributed by atoms with Crippen LogP contribution in [0.15, 0.2) is 48.8 Å². The van der Waals surface area contributed by atoms with Crippen molar-refractivity contribution in [2.24, 2.45) is 0 Å². The van der Waals surface area contributed by atoms with E-state index in [1.165, 1.54) is 5.56 Å². The largest absolute Gasteiger partial charge is 0.490 e. The minimum atomic E-state index is 0.126. The molecule has 3 aromatic rings. The lowest BCUT2D eigenvalue weighted by Gasteiger charge is -2.17. The van der Waals surface area contributed by atoms with Crippen molar-refractivity contribution in [1.82, 2.24) is 9.97 Å². The van der Waals surface area contributed by atoms with Gasteiger partial charge in [0.15, 0.2) is 11.5 Å². The van der Waals surface area contributed by atoms with Crippen LogP contribution in [0, 0.1) is 0 Å². The summed E-state index contributed by atoms with van der Waals surface area (Å²) in [6.45, 7) is 7.17. The molecule has 0 bridgehead atoms. The average molecular weight is 337 g/mol. The molecule has 0 radical (unpaired) electrons. The molecule has 1 atom stereocenters. The molecule has 5 heteroatoms. The summed E-state index contributed by atoms with van der Waals surface area (Å²) in [5.41, 5.74) is 2.02. The maximum Gasteiger partial charge on any atom is 0.163 e. The van der Waals surface area contributed by atoms with Crippen LogP contribution in [0.2, 0.25) is 0 Å². The fourth-order valence-corrected chi connectivity index (χ4v) is 2.75. The van der Waals surface area contributed by atoms with Gasteiger partial charge in [-0.3, -0.25) is 0 Å². The number of hydrogen-bond donors (Lipinski definition) is 1. The number of benzene rings is 2. The Kier molecular flexibility index (Phi) is 5.33. The Morgan fingerprint density at radius 3 is 2.32 bits per heavy atom. The molecule has 0 fully saturated rings. The first-order valence-electron chi connectivity index (χ1n) is 8.58. The number of anilines is 1. The highest BCUT2D eigenvalue weighted by molar-refractivity contribution is 5.91. The van der Waals surface area contributed by atoms with E-state index in [1.54, 1.807) is 6.33 Å². The molecule has 25 heavy (non-hydrogen) atoms. The monoisotopic (exact) mass is 337 g/mol. The molecule has 2 aromatic carbocycles. The van der Waals surface area contributed by atoms with Gasteiger partial charge in [-0.25, -0.2) is 9.97 Å². The minimum absolute atomic E-state index is 0.126. The molecule has 0 aliphatic rings. The van der Waals surface area contributed by atoms with Crippen molar-refractivity contribution in [2.45, 2.75) is 26.8 Å². The van der Waals surface area contributed by atoms with Crippen molar-refractivity contribution < 1.29 is 9.47 Å². The number of fused-ring (bicyclic) bond motifs is 1. The molecule has 0 amide bonds. The van der Waals surface area contributed by atoms with Crippen molar-refractivity contribution >= 4 is 16.7 Å². The Hall–Kier alpha value is -2.82. The maximum atomic E-state index is 5.73. The summed E-state index contributed by atoms with van der Waals surface area (Å²) in [7, 11) is 0. The van der Waals surface area contributed by atoms with E-state index < -0.39 is 0 Å². The second kappa shape index (κ2) is 7.83. The minimum Gasteiger partial charge on any atom is -0.490 e. The van der Waals surface area contributed by atoms with E-state index in [-0.39, 0.29) is 6.04 Å². The Bertz CT molecular complexity index is 837. The Labute approximate surface area is 148 Å². The number of ether oxygens (including phenoxy) is 2. The molecule has 0 saturated heterocycles. The third kappa shape index (κ3) is 3.82. The molecule has 0 aliphatic carbocycles. The molecule has 5 nitrogen and oxygen atoms in total. The third-order valence-corrected chi connectivity index (χ3v) is 3.95. The molecule has 1 heterocycles. The van der Waals surface area contributed by atoms with Gasteiger partial charge in [0.05, 0.1) is 18.7 Å². The summed E-state index contributed by atoms with van der Waals surface area (Å²) in [6.07, 6.45) is 1.57. The van der Waals surface area contributed by atoms with Crippen LogP contribution < -0.4 is 14.8 Å². The van der Waals surface area contributed by atoms with Gasteiger partial charge in [-0.05, 0) is 32.4 Å². The Balaban J connectivity index is 1.99. The van der Waals surface area contributed by atoms with Gasteiger partial charge in [0.2, 0.25) is 0 Å². The highest BCUT2D eigenvalue weighted by Crippen LogP contribution is 2.35. The van der Waals surface area contributed by atoms with Gasteiger partial charge in [-0.2, -0.15) is 0 Å². The number of aromatic nitrogens is 2. The molecule has 1 unspecified atom stereocenters. The van der Waals surface area contributed by atoms with Crippen LogP contribution in [-0.4, -0.2) is 23.2 Å². The maximum absolute atomic E-state index is 5.73. The van der Waals surface area contributed by atoms with Crippen LogP contribution in [0.1, 0.15) is 32.4 Å². The summed E-state index contributed by atoms with van der Waals surface area (Å²) in [4.78, 5) is 8.81. The first kappa shape index (κ1) is 17.0. The summed E-state index contributed by atoms with van der Waals surface area (Å²) in [6, 6.07) is 14.3. The van der Waals surface area contributed by atoms with Crippen molar-refractivity contribution in [3.05, 3.63) is 54.4 Å². The van der Waals surface area contributed by atoms with Crippen molar-refractivity contribution in [2.75, 3.05) is 18.5 Å². The molecular formula is C20H23N3O2. The number of hydrogen-bond acceptors (Lipinski definition) is 5. The molecule has 130 valence electrons. The van der Waals surface area contributed by atoms with Crippen LogP contribution in [0.3, 0.4) is 0 Å². The van der Waals surface area contributed by atoms with Gasteiger partial charge in [0.25, 0.3) is 0 Å². The van der Waals surface area contributed by atoms with Gasteiger partial charge in [-0.1, -0.05) is 30.3 Å². The van der Waals surface area contributed by atoms with Crippen LogP contribution in [0.25, 0.3) is 10.9 Å². The number of rotatable bonds is 7. The second-order valence-electron chi connectivity index (χ2n) is 5.68. The molecule has 1 aromatic heterocycles. The van der Waals surface area contributed by atoms with E-state index in [0.717, 1.165) is 16.7 Å². The fraction of sp³-hybridized carbons (Fsp3) is 0.300. The van der Waals surface area contributed by atoms with Crippen LogP contribution in [0.4, 0.5) is 5.82 Å². The van der Waals surface area contributed by atoms with Gasteiger partial charge < -0.3 is 14.8 Å². The zero-order valence-corrected chi connectivity index (χ0v) is 14.8. The van der Waals surface area contributed by atoms with E-state index in [2.05, 4.69) is 34.3 Å². The molecule has 0 aliphatic heterocycles. The van der Waals surface area contributed by atoms with Gasteiger partial charge in [0.1, 0.15) is 12.1 Å². The van der Waals surface area contributed by atoms with E-state index in [0.29, 0.717) is 24.7 Å². The Morgan fingerprint density at radius 2 is 1.64 bits per heavy atom. The fourth-order valence-electron chi connectivity index (χ4n) is 2.75. The lowest BCUT2D eigenvalue weighted by atomic mass is 10.1. The van der Waals surface area contributed by atoms with Crippen molar-refractivity contribution in [3.8, 4) is 11.5 Å². The van der Waals surface area contributed by atoms with E-state index in [1.807, 2.05) is 44.2 Å². The van der Waals surface area contributed by atoms with Crippen LogP contribution >= 0.6 is 0 Å². The summed E-state index contributed by atoms with van der Waals surface area (Å²) >= 11 is 0. The van der Waals surface area contributed by atoms with E-state index >= 15 is 0 Å². The topological polar surface area (TPSA) is 56.3 Å². The summed E-state index contributed by atoms with van der Waals surface area (Å²) < 4.78 is 11.4. The third-order valence-electron chi connectivity index (χ3n) is 3.95. The highest BCUT2D eigenvalue weighted by atomic mass is 16.5. The van der Waals surface area contributed by atoms with E-state index in [9.17, 15) is 0 Å². The van der Waals surface area contributed by atoms with Crippen LogP contribution in [-0.2, 0) is 0 Å². The quantitative estimate of drug-likeness (QED) is 0.683. The first-order chi connectivity index (χ1) is 12.2. The normalized spacial score (nSPS) is 12.0. The number of nitrogens with zero attached hydrogens (tertiary/aromatic N) is 2. The van der Waals surface area contributed by atoms with Crippen molar-refractivity contribution in [3.63, 3.8) is 0 Å². The first-order valence-corrected chi connectivity index (χ1v) is 8.58. The zero-order valence-electron chi connectivity index (χ0n) is 14.8. The lowest BCUT2D eigenvalue weighted by Crippen LogP contribution is -2.08. The summed E-state index contributed by atoms with van der Waals surface area (Å²) in [5, 5.41) is 4.39. The van der Waals surface area contributed by atoms with Gasteiger partial charge in [-0.15, -0.1) is 0 Å². The van der Waals surface area contributed by atoms with E-state index in [4.69, 9.17) is 9.47 Å². The van der Waals surface area contributed by atoms with Crippen molar-refractivity contribution in [1.29, 1.82) is 0 Å². The molecule has 1 N–H and O–H groups in total. The predicted octanol–water partition coefficient (Wildman–Crippen LogP) is 4.60. The summed E-state index contributed by atoms with van der Waals surface area (Å²) in [5.74, 6) is 2.20. The highest BCUT2D eigenvalue weighted by Gasteiger charge is 2.13. The number of nitrogens with one attached hydrogen (secondary N) is 1. The lowest BCUT2D eigenvalue weighted by molar-refractivity contribution is 0.288.